The lowest BCUT2D eigenvalue weighted by molar-refractivity contribution is -0.117. The van der Waals surface area contributed by atoms with Gasteiger partial charge in [0.15, 0.2) is 0 Å². The van der Waals surface area contributed by atoms with Crippen LogP contribution in [0.5, 0.6) is 0 Å². The molecule has 0 unspecified atom stereocenters. The van der Waals surface area contributed by atoms with Gasteiger partial charge >= 0.3 is 0 Å². The number of aryl methyl sites for hydroxylation is 1. The van der Waals surface area contributed by atoms with E-state index in [1.807, 2.05) is 42.2 Å². The highest BCUT2D eigenvalue weighted by Gasteiger charge is 2.18. The molecule has 3 aromatic rings. The number of hydrogen-bond acceptors (Lipinski definition) is 6. The maximum Gasteiger partial charge on any atom is 0.263 e. The summed E-state index contributed by atoms with van der Waals surface area (Å²) >= 11 is 0. The molecule has 0 aliphatic heterocycles. The highest BCUT2D eigenvalue weighted by molar-refractivity contribution is 5.88. The van der Waals surface area contributed by atoms with Crippen LogP contribution in [0.15, 0.2) is 41.2 Å². The Bertz CT molecular complexity index is 816. The van der Waals surface area contributed by atoms with Gasteiger partial charge in [0.1, 0.15) is 17.5 Å². The predicted octanol–water partition coefficient (Wildman–Crippen LogP) is 1.81. The number of benzene rings is 1. The van der Waals surface area contributed by atoms with Crippen LogP contribution in [-0.4, -0.2) is 27.6 Å². The van der Waals surface area contributed by atoms with Gasteiger partial charge in [-0.05, 0) is 12.5 Å². The van der Waals surface area contributed by atoms with Crippen LogP contribution >= 0.6 is 0 Å². The molecule has 0 aliphatic carbocycles. The first-order valence-electron chi connectivity index (χ1n) is 7.29. The molecule has 0 saturated heterocycles. The Hall–Kier alpha value is -2.96. The first-order valence-corrected chi connectivity index (χ1v) is 7.29. The second-order valence-corrected chi connectivity index (χ2v) is 5.27. The molecular weight excluding hydrogens is 294 g/mol. The van der Waals surface area contributed by atoms with Gasteiger partial charge in [-0.15, -0.1) is 0 Å². The third kappa shape index (κ3) is 3.28. The number of rotatable bonds is 6. The second kappa shape index (κ2) is 6.43. The Morgan fingerprint density at radius 3 is 2.78 bits per heavy atom. The predicted molar refractivity (Wildman–Crippen MR) is 85.6 cm³/mol. The minimum absolute atomic E-state index is 0.239. The molecule has 7 nitrogen and oxygen atoms in total. The summed E-state index contributed by atoms with van der Waals surface area (Å²) < 4.78 is 5.20. The molecule has 2 N–H and O–H groups in total. The van der Waals surface area contributed by atoms with Crippen molar-refractivity contribution in [2.24, 2.45) is 5.73 Å². The van der Waals surface area contributed by atoms with Crippen molar-refractivity contribution in [3.63, 3.8) is 0 Å². The molecule has 0 radical (unpaired) electrons. The van der Waals surface area contributed by atoms with E-state index in [0.717, 1.165) is 10.9 Å². The molecule has 0 saturated carbocycles. The van der Waals surface area contributed by atoms with Crippen molar-refractivity contribution in [2.75, 3.05) is 11.4 Å². The quantitative estimate of drug-likeness (QED) is 0.745. The van der Waals surface area contributed by atoms with Gasteiger partial charge in [0.25, 0.3) is 5.71 Å². The summed E-state index contributed by atoms with van der Waals surface area (Å²) in [7, 11) is 0. The monoisotopic (exact) mass is 311 g/mol. The van der Waals surface area contributed by atoms with E-state index < -0.39 is 0 Å². The molecule has 2 heterocycles. The van der Waals surface area contributed by atoms with Gasteiger partial charge in [0.2, 0.25) is 5.91 Å². The van der Waals surface area contributed by atoms with Gasteiger partial charge in [-0.1, -0.05) is 35.5 Å². The van der Waals surface area contributed by atoms with Crippen LogP contribution in [0.25, 0.3) is 11.1 Å². The van der Waals surface area contributed by atoms with Crippen LogP contribution in [-0.2, 0) is 11.3 Å². The molecule has 0 atom stereocenters. The zero-order valence-corrected chi connectivity index (χ0v) is 12.8. The fraction of sp³-hybridized carbons (Fsp3) is 0.250. The van der Waals surface area contributed by atoms with Crippen molar-refractivity contribution in [1.82, 2.24) is 15.1 Å². The number of nitrogens with two attached hydrogens (primary N) is 1. The lowest BCUT2D eigenvalue weighted by Gasteiger charge is -2.23. The largest absolute Gasteiger partial charge is 0.370 e. The highest BCUT2D eigenvalue weighted by Crippen LogP contribution is 2.27. The van der Waals surface area contributed by atoms with Crippen LogP contribution < -0.4 is 10.6 Å². The molecular formula is C16H17N5O2. The average molecular weight is 311 g/mol. The minimum Gasteiger partial charge on any atom is -0.370 e. The third-order valence-corrected chi connectivity index (χ3v) is 3.57. The smallest absolute Gasteiger partial charge is 0.263 e. The van der Waals surface area contributed by atoms with Crippen molar-refractivity contribution < 1.29 is 9.32 Å². The standard InChI is InChI=1S/C16H17N5O2/c1-11-14-15(18-10-19-16(14)23-20-11)21(8-7-13(17)22)9-12-5-3-2-4-6-12/h2-6,10H,7-9H2,1H3,(H2,17,22). The number of anilines is 1. The number of carbonyl (C=O) groups excluding carboxylic acids is 1. The van der Waals surface area contributed by atoms with E-state index in [1.54, 1.807) is 0 Å². The molecule has 2 aromatic heterocycles. The molecule has 0 spiro atoms. The maximum atomic E-state index is 11.2. The Morgan fingerprint density at radius 1 is 1.26 bits per heavy atom. The summed E-state index contributed by atoms with van der Waals surface area (Å²) in [6, 6.07) is 9.96. The summed E-state index contributed by atoms with van der Waals surface area (Å²) in [5.41, 5.74) is 7.56. The summed E-state index contributed by atoms with van der Waals surface area (Å²) in [6.07, 6.45) is 1.67. The summed E-state index contributed by atoms with van der Waals surface area (Å²) in [4.78, 5) is 21.7. The number of amides is 1. The van der Waals surface area contributed by atoms with Crippen molar-refractivity contribution in [3.8, 4) is 0 Å². The Labute approximate surface area is 133 Å². The summed E-state index contributed by atoms with van der Waals surface area (Å²) in [5.74, 6) is 0.342. The van der Waals surface area contributed by atoms with E-state index in [0.29, 0.717) is 30.3 Å². The number of carbonyl (C=O) groups is 1. The minimum atomic E-state index is -0.351. The van der Waals surface area contributed by atoms with Gasteiger partial charge in [0.05, 0.1) is 5.69 Å². The number of fused-ring (bicyclic) bond motifs is 1. The van der Waals surface area contributed by atoms with Crippen LogP contribution in [0.1, 0.15) is 17.7 Å². The Kier molecular flexibility index (Phi) is 4.18. The van der Waals surface area contributed by atoms with E-state index in [1.165, 1.54) is 6.33 Å². The molecule has 0 aliphatic rings. The topological polar surface area (TPSA) is 98.1 Å². The van der Waals surface area contributed by atoms with Gasteiger partial charge < -0.3 is 15.2 Å². The van der Waals surface area contributed by atoms with Gasteiger partial charge in [-0.2, -0.15) is 4.98 Å². The summed E-state index contributed by atoms with van der Waals surface area (Å²) in [5, 5.41) is 4.70. The second-order valence-electron chi connectivity index (χ2n) is 5.27. The molecule has 1 amide bonds. The highest BCUT2D eigenvalue weighted by atomic mass is 16.5. The normalized spacial score (nSPS) is 10.8. The Morgan fingerprint density at radius 2 is 2.04 bits per heavy atom. The Balaban J connectivity index is 1.99. The van der Waals surface area contributed by atoms with E-state index in [4.69, 9.17) is 10.3 Å². The van der Waals surface area contributed by atoms with Crippen LogP contribution in [0, 0.1) is 6.92 Å². The molecule has 0 bridgehead atoms. The van der Waals surface area contributed by atoms with Crippen molar-refractivity contribution in [2.45, 2.75) is 19.9 Å². The fourth-order valence-electron chi connectivity index (χ4n) is 2.45. The number of hydrogen-bond donors (Lipinski definition) is 1. The third-order valence-electron chi connectivity index (χ3n) is 3.57. The molecule has 3 rings (SSSR count). The van der Waals surface area contributed by atoms with Crippen molar-refractivity contribution >= 4 is 22.8 Å². The van der Waals surface area contributed by atoms with Crippen LogP contribution in [0.2, 0.25) is 0 Å². The van der Waals surface area contributed by atoms with Crippen molar-refractivity contribution in [3.05, 3.63) is 47.9 Å². The molecule has 118 valence electrons. The van der Waals surface area contributed by atoms with Crippen LogP contribution in [0.3, 0.4) is 0 Å². The van der Waals surface area contributed by atoms with E-state index in [-0.39, 0.29) is 12.3 Å². The van der Waals surface area contributed by atoms with E-state index in [9.17, 15) is 4.79 Å². The fourth-order valence-corrected chi connectivity index (χ4v) is 2.45. The first-order chi connectivity index (χ1) is 11.1. The van der Waals surface area contributed by atoms with E-state index in [2.05, 4.69) is 15.1 Å². The lowest BCUT2D eigenvalue weighted by atomic mass is 10.2. The molecule has 1 aromatic carbocycles. The lowest BCUT2D eigenvalue weighted by Crippen LogP contribution is -2.28. The number of aromatic nitrogens is 3. The molecule has 7 heteroatoms. The molecule has 0 fully saturated rings. The number of primary amides is 1. The summed E-state index contributed by atoms with van der Waals surface area (Å²) in [6.45, 7) is 2.90. The SMILES string of the molecule is Cc1noc2ncnc(N(CCC(N)=O)Cc3ccccc3)c12. The van der Waals surface area contributed by atoms with Gasteiger partial charge in [-0.3, -0.25) is 4.79 Å². The zero-order valence-electron chi connectivity index (χ0n) is 12.8. The van der Waals surface area contributed by atoms with Crippen LogP contribution in [0.4, 0.5) is 5.82 Å². The maximum absolute atomic E-state index is 11.2. The average Bonchev–Trinajstić information content (AvgIpc) is 2.94. The number of nitrogens with zero attached hydrogens (tertiary/aromatic N) is 4. The molecule has 23 heavy (non-hydrogen) atoms. The van der Waals surface area contributed by atoms with Gasteiger partial charge in [0, 0.05) is 19.5 Å². The first kappa shape index (κ1) is 15.0. The van der Waals surface area contributed by atoms with Gasteiger partial charge in [-0.25, -0.2) is 4.98 Å². The zero-order chi connectivity index (χ0) is 16.2. The van der Waals surface area contributed by atoms with Crippen molar-refractivity contribution in [1.29, 1.82) is 0 Å². The van der Waals surface area contributed by atoms with E-state index >= 15 is 0 Å².